The van der Waals surface area contributed by atoms with Gasteiger partial charge in [-0.3, -0.25) is 19.1 Å². The normalized spacial score (nSPS) is 23.5. The lowest BCUT2D eigenvalue weighted by molar-refractivity contribution is -0.150. The smallest absolute Gasteiger partial charge is 0.235 e. The van der Waals surface area contributed by atoms with Crippen LogP contribution in [0.1, 0.15) is 47.3 Å². The fraction of sp³-hybridized carbons (Fsp3) is 0.379. The largest absolute Gasteiger partial charge is 0.389 e. The van der Waals surface area contributed by atoms with Crippen LogP contribution in [-0.4, -0.2) is 38.1 Å². The van der Waals surface area contributed by atoms with Crippen molar-refractivity contribution < 1.29 is 19.5 Å². The van der Waals surface area contributed by atoms with Crippen molar-refractivity contribution in [3.05, 3.63) is 76.6 Å². The third-order valence-electron chi connectivity index (χ3n) is 7.54. The molecule has 4 atom stereocenters. The number of benzene rings is 2. The fourth-order valence-corrected chi connectivity index (χ4v) is 5.56. The lowest BCUT2D eigenvalue weighted by Gasteiger charge is -2.44. The maximum Gasteiger partial charge on any atom is 0.235 e. The van der Waals surface area contributed by atoms with E-state index in [2.05, 4.69) is 15.7 Å². The first-order valence-corrected chi connectivity index (χ1v) is 12.4. The van der Waals surface area contributed by atoms with Crippen LogP contribution < -0.4 is 10.6 Å². The van der Waals surface area contributed by atoms with Gasteiger partial charge in [0.15, 0.2) is 0 Å². The summed E-state index contributed by atoms with van der Waals surface area (Å²) in [5, 5.41) is 21.9. The van der Waals surface area contributed by atoms with Gasteiger partial charge in [-0.25, -0.2) is 0 Å². The van der Waals surface area contributed by atoms with E-state index in [1.807, 2.05) is 51.1 Å². The monoisotopic (exact) mass is 502 g/mol. The zero-order chi connectivity index (χ0) is 27.1. The quantitative estimate of drug-likeness (QED) is 0.457. The number of Topliss-reactive ketones (excluding diaryl/α,β-unsaturated/α-hetero) is 1. The van der Waals surface area contributed by atoms with Crippen LogP contribution in [-0.2, 0) is 21.4 Å². The molecule has 37 heavy (non-hydrogen) atoms. The van der Waals surface area contributed by atoms with Crippen LogP contribution >= 0.6 is 0 Å². The van der Waals surface area contributed by atoms with Gasteiger partial charge in [-0.2, -0.15) is 5.10 Å². The Morgan fingerprint density at radius 1 is 0.946 bits per heavy atom. The Bertz CT molecular complexity index is 1370. The van der Waals surface area contributed by atoms with E-state index in [4.69, 9.17) is 0 Å². The van der Waals surface area contributed by atoms with Crippen molar-refractivity contribution in [2.45, 2.75) is 52.6 Å². The first-order chi connectivity index (χ1) is 17.4. The van der Waals surface area contributed by atoms with Crippen LogP contribution in [0.25, 0.3) is 0 Å². The predicted molar refractivity (Wildman–Crippen MR) is 142 cm³/mol. The predicted octanol–water partition coefficient (Wildman–Crippen LogP) is 3.97. The van der Waals surface area contributed by atoms with Crippen molar-refractivity contribution in [1.29, 1.82) is 0 Å². The summed E-state index contributed by atoms with van der Waals surface area (Å²) in [5.74, 6) is -4.56. The van der Waals surface area contributed by atoms with E-state index >= 15 is 0 Å². The number of aromatic nitrogens is 2. The Hall–Kier alpha value is -3.78. The molecule has 1 aromatic heterocycles. The highest BCUT2D eigenvalue weighted by Gasteiger charge is 2.57. The lowest BCUT2D eigenvalue weighted by atomic mass is 9.60. The van der Waals surface area contributed by atoms with Gasteiger partial charge in [0.2, 0.25) is 11.8 Å². The minimum atomic E-state index is -1.68. The molecule has 2 amide bonds. The van der Waals surface area contributed by atoms with Crippen molar-refractivity contribution >= 4 is 29.0 Å². The number of nitrogens with one attached hydrogen (secondary N) is 2. The highest BCUT2D eigenvalue weighted by atomic mass is 16.3. The van der Waals surface area contributed by atoms with Gasteiger partial charge in [0.1, 0.15) is 11.7 Å². The number of rotatable bonds is 5. The molecule has 0 saturated heterocycles. The van der Waals surface area contributed by atoms with Crippen molar-refractivity contribution in [2.24, 2.45) is 18.9 Å². The molecule has 0 bridgehead atoms. The van der Waals surface area contributed by atoms with Crippen LogP contribution in [0.15, 0.2) is 48.5 Å². The summed E-state index contributed by atoms with van der Waals surface area (Å²) in [6.07, 6.45) is -0.320. The molecule has 1 aliphatic carbocycles. The Kier molecular flexibility index (Phi) is 7.06. The SMILES string of the molecule is Cc1ccccc1NC(=O)C1C(=O)CC(C)(O)C(C(=O)Nc2ccccc2C)C1c1c(C)nn(C)c1C. The molecule has 194 valence electrons. The van der Waals surface area contributed by atoms with Crippen LogP contribution in [0.4, 0.5) is 11.4 Å². The molecule has 1 saturated carbocycles. The van der Waals surface area contributed by atoms with Gasteiger partial charge in [0, 0.05) is 42.0 Å². The average Bonchev–Trinajstić information content (AvgIpc) is 3.06. The van der Waals surface area contributed by atoms with Crippen molar-refractivity contribution in [3.8, 4) is 0 Å². The molecular weight excluding hydrogens is 468 g/mol. The molecule has 1 heterocycles. The number of carbonyl (C=O) groups is 3. The summed E-state index contributed by atoms with van der Waals surface area (Å²) in [5.41, 5.74) is 3.21. The van der Waals surface area contributed by atoms with Crippen LogP contribution in [0.2, 0.25) is 0 Å². The number of aryl methyl sites for hydroxylation is 4. The Balaban J connectivity index is 1.84. The van der Waals surface area contributed by atoms with Gasteiger partial charge < -0.3 is 15.7 Å². The summed E-state index contributed by atoms with van der Waals surface area (Å²) in [6, 6.07) is 14.7. The highest BCUT2D eigenvalue weighted by molar-refractivity contribution is 6.10. The standard InChI is InChI=1S/C29H34N4O4/c1-16-11-7-9-13-20(16)30-27(35)24-22(34)15-29(5,37)26(25(24)23-18(3)32-33(6)19(23)4)28(36)31-21-14-10-8-12-17(21)2/h7-14,24-26,37H,15H2,1-6H3,(H,30,35)(H,31,36). The van der Waals surface area contributed by atoms with Crippen LogP contribution in [0, 0.1) is 39.5 Å². The first-order valence-electron chi connectivity index (χ1n) is 12.4. The van der Waals surface area contributed by atoms with Gasteiger partial charge in [0.25, 0.3) is 0 Å². The van der Waals surface area contributed by atoms with Crippen molar-refractivity contribution in [3.63, 3.8) is 0 Å². The molecular formula is C29H34N4O4. The summed E-state index contributed by atoms with van der Waals surface area (Å²) in [6.45, 7) is 8.88. The molecule has 0 aliphatic heterocycles. The lowest BCUT2D eigenvalue weighted by Crippen LogP contribution is -2.56. The minimum absolute atomic E-state index is 0.320. The molecule has 0 radical (unpaired) electrons. The van der Waals surface area contributed by atoms with Gasteiger partial charge in [-0.05, 0) is 57.9 Å². The van der Waals surface area contributed by atoms with E-state index in [0.717, 1.165) is 16.8 Å². The van der Waals surface area contributed by atoms with Crippen LogP contribution in [0.3, 0.4) is 0 Å². The topological polar surface area (TPSA) is 113 Å². The summed E-state index contributed by atoms with van der Waals surface area (Å²) in [4.78, 5) is 41.2. The minimum Gasteiger partial charge on any atom is -0.389 e. The summed E-state index contributed by atoms with van der Waals surface area (Å²) < 4.78 is 1.67. The van der Waals surface area contributed by atoms with Crippen molar-refractivity contribution in [2.75, 3.05) is 10.6 Å². The maximum atomic E-state index is 13.9. The summed E-state index contributed by atoms with van der Waals surface area (Å²) >= 11 is 0. The van der Waals surface area contributed by atoms with E-state index in [1.54, 1.807) is 36.9 Å². The van der Waals surface area contributed by atoms with E-state index in [1.165, 1.54) is 6.92 Å². The number of carbonyl (C=O) groups excluding carboxylic acids is 3. The third kappa shape index (κ3) is 4.93. The molecule has 1 fully saturated rings. The molecule has 2 aromatic carbocycles. The van der Waals surface area contributed by atoms with E-state index in [-0.39, 0.29) is 6.42 Å². The zero-order valence-corrected chi connectivity index (χ0v) is 22.1. The number of hydrogen-bond donors (Lipinski definition) is 3. The molecule has 4 rings (SSSR count). The fourth-order valence-electron chi connectivity index (χ4n) is 5.56. The van der Waals surface area contributed by atoms with Crippen LogP contribution in [0.5, 0.6) is 0 Å². The number of aliphatic hydroxyl groups is 1. The molecule has 1 aliphatic rings. The molecule has 3 N–H and O–H groups in total. The molecule has 8 nitrogen and oxygen atoms in total. The molecule has 0 spiro atoms. The zero-order valence-electron chi connectivity index (χ0n) is 22.1. The highest BCUT2D eigenvalue weighted by Crippen LogP contribution is 2.48. The second-order valence-electron chi connectivity index (χ2n) is 10.3. The van der Waals surface area contributed by atoms with Gasteiger partial charge in [0.05, 0.1) is 17.2 Å². The number of ketones is 1. The Morgan fingerprint density at radius 3 is 1.95 bits per heavy atom. The van der Waals surface area contributed by atoms with Crippen molar-refractivity contribution in [1.82, 2.24) is 9.78 Å². The number of amides is 2. The van der Waals surface area contributed by atoms with E-state index in [0.29, 0.717) is 22.6 Å². The van der Waals surface area contributed by atoms with Gasteiger partial charge >= 0.3 is 0 Å². The van der Waals surface area contributed by atoms with E-state index < -0.39 is 41.0 Å². The second-order valence-corrected chi connectivity index (χ2v) is 10.3. The molecule has 8 heteroatoms. The number of para-hydroxylation sites is 2. The summed E-state index contributed by atoms with van der Waals surface area (Å²) in [7, 11) is 1.78. The van der Waals surface area contributed by atoms with Gasteiger partial charge in [-0.15, -0.1) is 0 Å². The Labute approximate surface area is 217 Å². The van der Waals surface area contributed by atoms with Gasteiger partial charge in [-0.1, -0.05) is 36.4 Å². The number of anilines is 2. The average molecular weight is 503 g/mol. The van der Waals surface area contributed by atoms with E-state index in [9.17, 15) is 19.5 Å². The number of hydrogen-bond acceptors (Lipinski definition) is 5. The third-order valence-corrected chi connectivity index (χ3v) is 7.54. The molecule has 3 aromatic rings. The molecule has 4 unspecified atom stereocenters. The Morgan fingerprint density at radius 2 is 1.46 bits per heavy atom. The second kappa shape index (κ2) is 9.94. The first kappa shape index (κ1) is 26.3. The number of nitrogens with zero attached hydrogens (tertiary/aromatic N) is 2. The maximum absolute atomic E-state index is 13.9.